The highest BCUT2D eigenvalue weighted by molar-refractivity contribution is 9.10. The van der Waals surface area contributed by atoms with E-state index in [9.17, 15) is 4.79 Å². The Morgan fingerprint density at radius 2 is 1.95 bits per heavy atom. The number of nitrogens with zero attached hydrogens (tertiary/aromatic N) is 1. The minimum absolute atomic E-state index is 0.0576. The van der Waals surface area contributed by atoms with E-state index in [-0.39, 0.29) is 12.1 Å². The molecule has 0 fully saturated rings. The molecule has 3 rings (SSSR count). The summed E-state index contributed by atoms with van der Waals surface area (Å²) in [6, 6.07) is 18.2. The molecule has 21 heavy (non-hydrogen) atoms. The second-order valence-corrected chi connectivity index (χ2v) is 5.86. The maximum absolute atomic E-state index is 11.6. The van der Waals surface area contributed by atoms with Crippen LogP contribution in [0.5, 0.6) is 0 Å². The summed E-state index contributed by atoms with van der Waals surface area (Å²) in [5.41, 5.74) is 2.12. The molecule has 0 saturated heterocycles. The van der Waals surface area contributed by atoms with Gasteiger partial charge < -0.3 is 9.88 Å². The highest BCUT2D eigenvalue weighted by Crippen LogP contribution is 2.25. The van der Waals surface area contributed by atoms with Crippen molar-refractivity contribution in [3.05, 3.63) is 70.8 Å². The minimum atomic E-state index is -0.222. The number of carbonyl (C=O) groups excluding carboxylic acids is 1. The second-order valence-electron chi connectivity index (χ2n) is 4.94. The number of fused-ring (bicyclic) bond motifs is 1. The summed E-state index contributed by atoms with van der Waals surface area (Å²) in [6.07, 6.45) is 1.78. The third-order valence-corrected chi connectivity index (χ3v) is 3.91. The van der Waals surface area contributed by atoms with Crippen molar-refractivity contribution >= 4 is 32.7 Å². The van der Waals surface area contributed by atoms with Crippen LogP contribution in [0.4, 0.5) is 0 Å². The Labute approximate surface area is 131 Å². The van der Waals surface area contributed by atoms with Gasteiger partial charge in [-0.1, -0.05) is 46.3 Å². The third-order valence-electron chi connectivity index (χ3n) is 3.41. The van der Waals surface area contributed by atoms with Gasteiger partial charge in [0.1, 0.15) is 6.17 Å². The molecule has 3 nitrogen and oxygen atoms in total. The molecule has 2 aromatic carbocycles. The van der Waals surface area contributed by atoms with Gasteiger partial charge in [0.25, 0.3) is 0 Å². The SMILES string of the molecule is CC(=O)NC(c1cccc(Br)c1)n1ccc2ccccc21. The molecule has 1 atom stereocenters. The molecule has 106 valence electrons. The maximum atomic E-state index is 11.6. The van der Waals surface area contributed by atoms with E-state index in [1.54, 1.807) is 0 Å². The van der Waals surface area contributed by atoms with E-state index in [0.29, 0.717) is 0 Å². The highest BCUT2D eigenvalue weighted by Gasteiger charge is 2.16. The summed E-state index contributed by atoms with van der Waals surface area (Å²) in [5, 5.41) is 4.18. The molecule has 1 amide bonds. The van der Waals surface area contributed by atoms with Crippen LogP contribution in [0.1, 0.15) is 18.7 Å². The molecule has 0 aliphatic rings. The molecule has 0 aliphatic heterocycles. The van der Waals surface area contributed by atoms with Crippen molar-refractivity contribution < 1.29 is 4.79 Å². The Hall–Kier alpha value is -2.07. The number of amides is 1. The Balaban J connectivity index is 2.13. The summed E-state index contributed by atoms with van der Waals surface area (Å²) in [4.78, 5) is 11.6. The first-order chi connectivity index (χ1) is 10.1. The lowest BCUT2D eigenvalue weighted by Crippen LogP contribution is -2.31. The fourth-order valence-electron chi connectivity index (χ4n) is 2.51. The quantitative estimate of drug-likeness (QED) is 0.764. The first-order valence-electron chi connectivity index (χ1n) is 6.73. The number of carbonyl (C=O) groups is 1. The number of hydrogen-bond acceptors (Lipinski definition) is 1. The number of hydrogen-bond donors (Lipinski definition) is 1. The average molecular weight is 343 g/mol. The lowest BCUT2D eigenvalue weighted by atomic mass is 10.1. The predicted molar refractivity (Wildman–Crippen MR) is 88.0 cm³/mol. The van der Waals surface area contributed by atoms with Crippen molar-refractivity contribution in [1.29, 1.82) is 0 Å². The fraction of sp³-hybridized carbons (Fsp3) is 0.118. The van der Waals surface area contributed by atoms with Crippen LogP contribution in [-0.4, -0.2) is 10.5 Å². The summed E-state index contributed by atoms with van der Waals surface area (Å²) in [6.45, 7) is 1.54. The van der Waals surface area contributed by atoms with Crippen LogP contribution >= 0.6 is 15.9 Å². The van der Waals surface area contributed by atoms with Crippen LogP contribution in [0.3, 0.4) is 0 Å². The van der Waals surface area contributed by atoms with Gasteiger partial charge in [-0.3, -0.25) is 4.79 Å². The molecular formula is C17H15BrN2O. The van der Waals surface area contributed by atoms with Gasteiger partial charge in [-0.15, -0.1) is 0 Å². The van der Waals surface area contributed by atoms with E-state index in [0.717, 1.165) is 20.9 Å². The van der Waals surface area contributed by atoms with Gasteiger partial charge >= 0.3 is 0 Å². The smallest absolute Gasteiger partial charge is 0.218 e. The van der Waals surface area contributed by atoms with Crippen LogP contribution in [0.2, 0.25) is 0 Å². The van der Waals surface area contributed by atoms with Gasteiger partial charge in [-0.25, -0.2) is 0 Å². The largest absolute Gasteiger partial charge is 0.332 e. The van der Waals surface area contributed by atoms with E-state index >= 15 is 0 Å². The topological polar surface area (TPSA) is 34.0 Å². The van der Waals surface area contributed by atoms with E-state index < -0.39 is 0 Å². The standard InChI is InChI=1S/C17H15BrN2O/c1-12(21)19-17(14-6-4-7-15(18)11-14)20-10-9-13-5-2-3-8-16(13)20/h2-11,17H,1H3,(H,19,21). The monoisotopic (exact) mass is 342 g/mol. The Morgan fingerprint density at radius 3 is 2.71 bits per heavy atom. The molecule has 1 heterocycles. The summed E-state index contributed by atoms with van der Waals surface area (Å²) in [5.74, 6) is -0.0576. The molecule has 1 unspecified atom stereocenters. The zero-order valence-electron chi connectivity index (χ0n) is 11.6. The van der Waals surface area contributed by atoms with Crippen molar-refractivity contribution in [1.82, 2.24) is 9.88 Å². The number of nitrogens with one attached hydrogen (secondary N) is 1. The lowest BCUT2D eigenvalue weighted by molar-refractivity contribution is -0.119. The minimum Gasteiger partial charge on any atom is -0.332 e. The van der Waals surface area contributed by atoms with Gasteiger partial charge in [0.15, 0.2) is 0 Å². The Morgan fingerprint density at radius 1 is 1.14 bits per heavy atom. The van der Waals surface area contributed by atoms with Gasteiger partial charge in [0.2, 0.25) is 5.91 Å². The van der Waals surface area contributed by atoms with Crippen LogP contribution < -0.4 is 5.32 Å². The first kappa shape index (κ1) is 13.9. The summed E-state index contributed by atoms with van der Waals surface area (Å²) >= 11 is 3.49. The van der Waals surface area contributed by atoms with E-state index in [4.69, 9.17) is 0 Å². The lowest BCUT2D eigenvalue weighted by Gasteiger charge is -2.21. The zero-order valence-corrected chi connectivity index (χ0v) is 13.2. The van der Waals surface area contributed by atoms with Crippen molar-refractivity contribution in [2.45, 2.75) is 13.1 Å². The molecule has 0 saturated carbocycles. The second kappa shape index (κ2) is 5.74. The van der Waals surface area contributed by atoms with Crippen LogP contribution in [0, 0.1) is 0 Å². The van der Waals surface area contributed by atoms with Crippen LogP contribution in [0.25, 0.3) is 10.9 Å². The van der Waals surface area contributed by atoms with Crippen molar-refractivity contribution in [3.8, 4) is 0 Å². The van der Waals surface area contributed by atoms with E-state index in [1.807, 2.05) is 42.6 Å². The molecule has 0 aliphatic carbocycles. The molecule has 0 spiro atoms. The normalized spacial score (nSPS) is 12.3. The first-order valence-corrected chi connectivity index (χ1v) is 7.52. The average Bonchev–Trinajstić information content (AvgIpc) is 2.88. The molecule has 1 aromatic heterocycles. The molecule has 1 N–H and O–H groups in total. The fourth-order valence-corrected chi connectivity index (χ4v) is 2.93. The van der Waals surface area contributed by atoms with Gasteiger partial charge in [-0.2, -0.15) is 0 Å². The van der Waals surface area contributed by atoms with E-state index in [1.165, 1.54) is 6.92 Å². The number of halogens is 1. The molecule has 0 radical (unpaired) electrons. The summed E-state index contributed by atoms with van der Waals surface area (Å²) in [7, 11) is 0. The Bertz CT molecular complexity index is 794. The number of rotatable bonds is 3. The van der Waals surface area contributed by atoms with Gasteiger partial charge in [0, 0.05) is 17.6 Å². The number of benzene rings is 2. The molecular weight excluding hydrogens is 328 g/mol. The predicted octanol–water partition coefficient (Wildman–Crippen LogP) is 4.09. The third kappa shape index (κ3) is 2.85. The van der Waals surface area contributed by atoms with Gasteiger partial charge in [0.05, 0.1) is 5.52 Å². The Kier molecular flexibility index (Phi) is 3.80. The maximum Gasteiger partial charge on any atom is 0.218 e. The zero-order chi connectivity index (χ0) is 14.8. The number of para-hydroxylation sites is 1. The van der Waals surface area contributed by atoms with Crippen LogP contribution in [0.15, 0.2) is 65.3 Å². The molecule has 4 heteroatoms. The van der Waals surface area contributed by atoms with Crippen LogP contribution in [-0.2, 0) is 4.79 Å². The highest BCUT2D eigenvalue weighted by atomic mass is 79.9. The molecule has 0 bridgehead atoms. The van der Waals surface area contributed by atoms with E-state index in [2.05, 4.69) is 44.0 Å². The number of aromatic nitrogens is 1. The van der Waals surface area contributed by atoms with Crippen molar-refractivity contribution in [3.63, 3.8) is 0 Å². The van der Waals surface area contributed by atoms with Crippen molar-refractivity contribution in [2.75, 3.05) is 0 Å². The molecule has 3 aromatic rings. The summed E-state index contributed by atoms with van der Waals surface area (Å²) < 4.78 is 3.07. The van der Waals surface area contributed by atoms with Gasteiger partial charge in [-0.05, 0) is 35.2 Å². The van der Waals surface area contributed by atoms with Crippen molar-refractivity contribution in [2.24, 2.45) is 0 Å².